The third-order valence-corrected chi connectivity index (χ3v) is 2.47. The topological polar surface area (TPSA) is 46.5 Å². The number of halogens is 3. The van der Waals surface area contributed by atoms with Gasteiger partial charge in [0.1, 0.15) is 5.75 Å². The zero-order chi connectivity index (χ0) is 13.0. The van der Waals surface area contributed by atoms with Crippen molar-refractivity contribution in [3.63, 3.8) is 0 Å². The molecule has 94 valence electrons. The average molecular weight is 265 g/mol. The number of aliphatic carboxylic acids is 1. The molecule has 0 fully saturated rings. The first-order valence-electron chi connectivity index (χ1n) is 4.86. The molecular formula is C11H11ClF2O3. The molecule has 1 N–H and O–H groups in total. The van der Waals surface area contributed by atoms with Crippen molar-refractivity contribution in [1.82, 2.24) is 0 Å². The highest BCUT2D eigenvalue weighted by molar-refractivity contribution is 6.32. The smallest absolute Gasteiger partial charge is 0.387 e. The molecule has 3 nitrogen and oxygen atoms in total. The zero-order valence-corrected chi connectivity index (χ0v) is 9.75. The number of benzene rings is 1. The van der Waals surface area contributed by atoms with E-state index in [1.807, 2.05) is 0 Å². The number of ether oxygens (including phenoxy) is 1. The van der Waals surface area contributed by atoms with Crippen LogP contribution >= 0.6 is 11.6 Å². The Morgan fingerprint density at radius 1 is 1.53 bits per heavy atom. The van der Waals surface area contributed by atoms with E-state index in [9.17, 15) is 13.6 Å². The SMILES string of the molecule is CC(Cc1ccc(OC(F)F)c(Cl)c1)C(=O)O. The normalized spacial score (nSPS) is 12.5. The van der Waals surface area contributed by atoms with Gasteiger partial charge in [0.2, 0.25) is 0 Å². The van der Waals surface area contributed by atoms with Crippen molar-refractivity contribution in [3.8, 4) is 5.75 Å². The first kappa shape index (κ1) is 13.7. The predicted molar refractivity (Wildman–Crippen MR) is 58.6 cm³/mol. The van der Waals surface area contributed by atoms with Gasteiger partial charge < -0.3 is 9.84 Å². The minimum atomic E-state index is -2.93. The molecule has 1 rings (SSSR count). The van der Waals surface area contributed by atoms with Crippen molar-refractivity contribution in [2.45, 2.75) is 20.0 Å². The summed E-state index contributed by atoms with van der Waals surface area (Å²) in [4.78, 5) is 10.6. The second kappa shape index (κ2) is 5.82. The number of hydrogen-bond donors (Lipinski definition) is 1. The summed E-state index contributed by atoms with van der Waals surface area (Å²) in [5, 5.41) is 8.77. The van der Waals surface area contributed by atoms with E-state index in [2.05, 4.69) is 4.74 Å². The summed E-state index contributed by atoms with van der Waals surface area (Å²) < 4.78 is 28.1. The quantitative estimate of drug-likeness (QED) is 0.888. The van der Waals surface area contributed by atoms with Gasteiger partial charge in [-0.2, -0.15) is 8.78 Å². The standard InChI is InChI=1S/C11H11ClF2O3/c1-6(10(15)16)4-7-2-3-9(8(12)5-7)17-11(13)14/h2-3,5-6,11H,4H2,1H3,(H,15,16). The maximum absolute atomic E-state index is 12.0. The molecule has 0 amide bonds. The van der Waals surface area contributed by atoms with Gasteiger partial charge in [0.05, 0.1) is 10.9 Å². The summed E-state index contributed by atoms with van der Waals surface area (Å²) in [5.41, 5.74) is 0.659. The van der Waals surface area contributed by atoms with Crippen molar-refractivity contribution in [1.29, 1.82) is 0 Å². The Kier molecular flexibility index (Phi) is 4.69. The highest BCUT2D eigenvalue weighted by atomic mass is 35.5. The first-order chi connectivity index (χ1) is 7.90. The zero-order valence-electron chi connectivity index (χ0n) is 8.99. The van der Waals surface area contributed by atoms with Gasteiger partial charge in [-0.25, -0.2) is 0 Å². The van der Waals surface area contributed by atoms with Crippen LogP contribution in [0.4, 0.5) is 8.78 Å². The molecule has 0 aliphatic carbocycles. The Hall–Kier alpha value is -1.36. The van der Waals surface area contributed by atoms with Crippen LogP contribution in [-0.2, 0) is 11.2 Å². The fourth-order valence-corrected chi connectivity index (χ4v) is 1.55. The third kappa shape index (κ3) is 4.19. The molecule has 0 aliphatic rings. The van der Waals surface area contributed by atoms with Crippen molar-refractivity contribution in [3.05, 3.63) is 28.8 Å². The summed E-state index contributed by atoms with van der Waals surface area (Å²) in [6.07, 6.45) is 0.282. The molecule has 6 heteroatoms. The number of carboxylic acid groups (broad SMARTS) is 1. The summed E-state index contributed by atoms with van der Waals surface area (Å²) in [7, 11) is 0. The van der Waals surface area contributed by atoms with E-state index in [-0.39, 0.29) is 17.2 Å². The van der Waals surface area contributed by atoms with Crippen LogP contribution in [0.2, 0.25) is 5.02 Å². The van der Waals surface area contributed by atoms with Gasteiger partial charge in [-0.1, -0.05) is 24.6 Å². The number of rotatable bonds is 5. The highest BCUT2D eigenvalue weighted by Gasteiger charge is 2.14. The maximum Gasteiger partial charge on any atom is 0.387 e. The van der Waals surface area contributed by atoms with Gasteiger partial charge in [0.15, 0.2) is 0 Å². The largest absolute Gasteiger partial charge is 0.481 e. The van der Waals surface area contributed by atoms with Crippen LogP contribution in [-0.4, -0.2) is 17.7 Å². The molecule has 1 atom stereocenters. The molecule has 1 aromatic rings. The second-order valence-electron chi connectivity index (χ2n) is 3.59. The van der Waals surface area contributed by atoms with E-state index in [0.29, 0.717) is 5.56 Å². The number of carboxylic acids is 1. The van der Waals surface area contributed by atoms with Crippen LogP contribution in [0.3, 0.4) is 0 Å². The van der Waals surface area contributed by atoms with Gasteiger partial charge in [0.25, 0.3) is 0 Å². The van der Waals surface area contributed by atoms with Gasteiger partial charge in [-0.15, -0.1) is 0 Å². The van der Waals surface area contributed by atoms with Crippen LogP contribution in [0.1, 0.15) is 12.5 Å². The lowest BCUT2D eigenvalue weighted by Crippen LogP contribution is -2.12. The maximum atomic E-state index is 12.0. The van der Waals surface area contributed by atoms with Crippen molar-refractivity contribution in [2.75, 3.05) is 0 Å². The Morgan fingerprint density at radius 3 is 2.65 bits per heavy atom. The minimum absolute atomic E-state index is 0.0420. The Morgan fingerprint density at radius 2 is 2.18 bits per heavy atom. The predicted octanol–water partition coefficient (Wildman–Crippen LogP) is 3.20. The van der Waals surface area contributed by atoms with Crippen molar-refractivity contribution >= 4 is 17.6 Å². The second-order valence-corrected chi connectivity index (χ2v) is 3.99. The monoisotopic (exact) mass is 264 g/mol. The van der Waals surface area contributed by atoms with Crippen molar-refractivity contribution in [2.24, 2.45) is 5.92 Å². The molecule has 0 heterocycles. The van der Waals surface area contributed by atoms with Crippen LogP contribution in [0.25, 0.3) is 0 Å². The molecule has 0 saturated carbocycles. The van der Waals surface area contributed by atoms with Gasteiger partial charge in [-0.05, 0) is 24.1 Å². The molecule has 0 radical (unpaired) electrons. The number of carbonyl (C=O) groups is 1. The highest BCUT2D eigenvalue weighted by Crippen LogP contribution is 2.27. The van der Waals surface area contributed by atoms with E-state index >= 15 is 0 Å². The Labute approximate surface area is 102 Å². The third-order valence-electron chi connectivity index (χ3n) is 2.18. The molecule has 0 bridgehead atoms. The molecule has 17 heavy (non-hydrogen) atoms. The van der Waals surface area contributed by atoms with Gasteiger partial charge in [-0.3, -0.25) is 4.79 Å². The number of hydrogen-bond acceptors (Lipinski definition) is 2. The van der Waals surface area contributed by atoms with E-state index in [1.165, 1.54) is 18.2 Å². The fourth-order valence-electron chi connectivity index (χ4n) is 1.30. The summed E-state index contributed by atoms with van der Waals surface area (Å²) in [6, 6.07) is 4.25. The lowest BCUT2D eigenvalue weighted by Gasteiger charge is -2.10. The van der Waals surface area contributed by atoms with Gasteiger partial charge >= 0.3 is 12.6 Å². The van der Waals surface area contributed by atoms with Crippen LogP contribution in [0.15, 0.2) is 18.2 Å². The van der Waals surface area contributed by atoms with Crippen LogP contribution < -0.4 is 4.74 Å². The fraction of sp³-hybridized carbons (Fsp3) is 0.364. The van der Waals surface area contributed by atoms with Gasteiger partial charge in [0, 0.05) is 0 Å². The van der Waals surface area contributed by atoms with E-state index in [1.54, 1.807) is 6.92 Å². The molecule has 0 spiro atoms. The van der Waals surface area contributed by atoms with E-state index < -0.39 is 18.5 Å². The van der Waals surface area contributed by atoms with Crippen LogP contribution in [0, 0.1) is 5.92 Å². The Balaban J connectivity index is 2.78. The molecule has 0 aliphatic heterocycles. The Bertz CT molecular complexity index is 410. The molecular weight excluding hydrogens is 254 g/mol. The molecule has 0 saturated heterocycles. The lowest BCUT2D eigenvalue weighted by atomic mass is 10.0. The van der Waals surface area contributed by atoms with E-state index in [0.717, 1.165) is 0 Å². The minimum Gasteiger partial charge on any atom is -0.481 e. The van der Waals surface area contributed by atoms with Crippen LogP contribution in [0.5, 0.6) is 5.75 Å². The van der Waals surface area contributed by atoms with Crippen molar-refractivity contribution < 1.29 is 23.4 Å². The lowest BCUT2D eigenvalue weighted by molar-refractivity contribution is -0.141. The molecule has 1 aromatic carbocycles. The van der Waals surface area contributed by atoms with E-state index in [4.69, 9.17) is 16.7 Å². The summed E-state index contributed by atoms with van der Waals surface area (Å²) >= 11 is 5.73. The summed E-state index contributed by atoms with van der Waals surface area (Å²) in [5.74, 6) is -1.60. The summed E-state index contributed by atoms with van der Waals surface area (Å²) in [6.45, 7) is -1.38. The number of alkyl halides is 2. The molecule has 1 unspecified atom stereocenters. The first-order valence-corrected chi connectivity index (χ1v) is 5.24. The molecule has 0 aromatic heterocycles. The average Bonchev–Trinajstić information content (AvgIpc) is 2.21.